The summed E-state index contributed by atoms with van der Waals surface area (Å²) in [7, 11) is 2.91. The van der Waals surface area contributed by atoms with Crippen LogP contribution in [-0.2, 0) is 14.4 Å². The molecule has 3 N–H and O–H groups in total. The molecule has 0 spiro atoms. The Morgan fingerprint density at radius 2 is 1.75 bits per heavy atom. The van der Waals surface area contributed by atoms with E-state index in [2.05, 4.69) is 4.98 Å². The lowest BCUT2D eigenvalue weighted by Crippen LogP contribution is -2.42. The van der Waals surface area contributed by atoms with Gasteiger partial charge in [-0.2, -0.15) is 0 Å². The molecular weight excluding hydrogens is 508 g/mol. The second-order valence-electron chi connectivity index (χ2n) is 9.71. The quantitative estimate of drug-likeness (QED) is 0.476. The molecular formula is C24H24N2O8S2. The largest absolute Gasteiger partial charge is 0.502 e. The number of aromatic nitrogens is 1. The van der Waals surface area contributed by atoms with Crippen molar-refractivity contribution in [3.05, 3.63) is 32.2 Å². The third-order valence-corrected chi connectivity index (χ3v) is 10.8. The maximum Gasteiger partial charge on any atom is 0.305 e. The number of carbonyl (C=O) groups excluding carboxylic acids is 2. The van der Waals surface area contributed by atoms with Crippen molar-refractivity contribution in [2.75, 3.05) is 20.8 Å². The second-order valence-corrected chi connectivity index (χ2v) is 11.9. The zero-order chi connectivity index (χ0) is 25.5. The van der Waals surface area contributed by atoms with E-state index in [-0.39, 0.29) is 75.8 Å². The number of thioether (sulfide) groups is 1. The van der Waals surface area contributed by atoms with Gasteiger partial charge in [-0.15, -0.1) is 11.8 Å². The van der Waals surface area contributed by atoms with E-state index in [1.165, 1.54) is 14.2 Å². The number of carbonyl (C=O) groups is 3. The molecule has 2 amide bonds. The number of phenols is 1. The van der Waals surface area contributed by atoms with Crippen LogP contribution in [0.15, 0.2) is 22.0 Å². The summed E-state index contributed by atoms with van der Waals surface area (Å²) in [6.45, 7) is -0.113. The van der Waals surface area contributed by atoms with Gasteiger partial charge in [-0.1, -0.05) is 11.3 Å². The Balaban J connectivity index is 1.45. The summed E-state index contributed by atoms with van der Waals surface area (Å²) in [6.07, 6.45) is 0.450. The monoisotopic (exact) mass is 532 g/mol. The molecule has 2 aromatic rings. The molecule has 1 saturated heterocycles. The number of likely N-dealkylation sites (tertiary alicyclic amines) is 1. The van der Waals surface area contributed by atoms with Gasteiger partial charge in [0.25, 0.3) is 0 Å². The number of rotatable bonds is 6. The number of nitrogens with zero attached hydrogens (tertiary/aromatic N) is 1. The van der Waals surface area contributed by atoms with Gasteiger partial charge in [0.15, 0.2) is 11.5 Å². The Morgan fingerprint density at radius 1 is 1.11 bits per heavy atom. The van der Waals surface area contributed by atoms with Gasteiger partial charge in [0, 0.05) is 22.6 Å². The Hall–Kier alpha value is -2.99. The first-order chi connectivity index (χ1) is 17.2. The molecule has 0 radical (unpaired) electrons. The zero-order valence-electron chi connectivity index (χ0n) is 19.4. The molecule has 0 unspecified atom stereocenters. The van der Waals surface area contributed by atoms with Gasteiger partial charge in [0.1, 0.15) is 0 Å². The van der Waals surface area contributed by atoms with Crippen LogP contribution in [0.3, 0.4) is 0 Å². The molecule has 3 heterocycles. The Bertz CT molecular complexity index is 1330. The highest BCUT2D eigenvalue weighted by molar-refractivity contribution is 8.00. The van der Waals surface area contributed by atoms with Crippen molar-refractivity contribution in [1.82, 2.24) is 9.88 Å². The third kappa shape index (κ3) is 3.16. The summed E-state index contributed by atoms with van der Waals surface area (Å²) in [5.41, 5.74) is 0.803. The molecule has 10 nitrogen and oxygen atoms in total. The number of aromatic hydroxyl groups is 1. The number of carboxylic acid groups (broad SMARTS) is 1. The van der Waals surface area contributed by atoms with Crippen LogP contribution in [0.5, 0.6) is 17.2 Å². The number of nitrogens with one attached hydrogen (secondary N) is 1. The van der Waals surface area contributed by atoms with Crippen molar-refractivity contribution in [2.24, 2.45) is 29.6 Å². The van der Waals surface area contributed by atoms with Gasteiger partial charge in [-0.3, -0.25) is 24.1 Å². The van der Waals surface area contributed by atoms with Crippen LogP contribution in [0.4, 0.5) is 0 Å². The van der Waals surface area contributed by atoms with E-state index in [4.69, 9.17) is 14.6 Å². The average molecular weight is 533 g/mol. The summed E-state index contributed by atoms with van der Waals surface area (Å²) >= 11 is 2.71. The van der Waals surface area contributed by atoms with Gasteiger partial charge in [-0.25, -0.2) is 0 Å². The van der Waals surface area contributed by atoms with Crippen LogP contribution in [0, 0.1) is 29.6 Å². The molecule has 2 bridgehead atoms. The third-order valence-electron chi connectivity index (χ3n) is 8.23. The summed E-state index contributed by atoms with van der Waals surface area (Å²) in [5.74, 6) is -2.61. The van der Waals surface area contributed by atoms with Crippen molar-refractivity contribution in [3.8, 4) is 17.2 Å². The molecule has 4 aliphatic rings. The molecule has 3 fully saturated rings. The highest BCUT2D eigenvalue weighted by Crippen LogP contribution is 2.68. The van der Waals surface area contributed by atoms with E-state index in [0.29, 0.717) is 0 Å². The summed E-state index contributed by atoms with van der Waals surface area (Å²) in [4.78, 5) is 54.9. The number of H-pyrrole nitrogens is 1. The predicted octanol–water partition coefficient (Wildman–Crippen LogP) is 2.11. The fourth-order valence-electron chi connectivity index (χ4n) is 6.97. The van der Waals surface area contributed by atoms with Crippen molar-refractivity contribution < 1.29 is 34.1 Å². The lowest BCUT2D eigenvalue weighted by Gasteiger charge is -2.43. The van der Waals surface area contributed by atoms with Crippen LogP contribution < -0.4 is 14.3 Å². The van der Waals surface area contributed by atoms with E-state index in [9.17, 15) is 24.3 Å². The highest BCUT2D eigenvalue weighted by Gasteiger charge is 2.69. The maximum atomic E-state index is 13.4. The molecule has 1 aromatic carbocycles. The summed E-state index contributed by atoms with van der Waals surface area (Å²) in [5, 5.41) is 20.3. The van der Waals surface area contributed by atoms with Gasteiger partial charge < -0.3 is 24.7 Å². The number of methoxy groups -OCH3 is 2. The molecule has 12 heteroatoms. The number of aromatic amines is 1. The number of hydrogen-bond donors (Lipinski definition) is 3. The van der Waals surface area contributed by atoms with E-state index in [0.717, 1.165) is 38.1 Å². The lowest BCUT2D eigenvalue weighted by atomic mass is 9.68. The summed E-state index contributed by atoms with van der Waals surface area (Å²) in [6, 6.07) is 3.49. The van der Waals surface area contributed by atoms with Crippen molar-refractivity contribution in [1.29, 1.82) is 0 Å². The fourth-order valence-corrected chi connectivity index (χ4v) is 9.86. The molecule has 2 saturated carbocycles. The normalized spacial score (nSPS) is 31.8. The number of ether oxygens (including phenoxy) is 2. The molecule has 2 aliphatic heterocycles. The van der Waals surface area contributed by atoms with Gasteiger partial charge in [0.2, 0.25) is 17.6 Å². The first-order valence-electron chi connectivity index (χ1n) is 11.7. The topological polar surface area (TPSA) is 146 Å². The van der Waals surface area contributed by atoms with E-state index >= 15 is 0 Å². The lowest BCUT2D eigenvalue weighted by molar-refractivity contribution is -0.142. The Labute approximate surface area is 213 Å². The number of amides is 2. The Kier molecular flexibility index (Phi) is 5.38. The van der Waals surface area contributed by atoms with E-state index < -0.39 is 17.8 Å². The number of benzene rings is 1. The number of imide groups is 1. The zero-order valence-corrected chi connectivity index (χ0v) is 21.1. The molecule has 190 valence electrons. The molecule has 2 aliphatic carbocycles. The molecule has 7 atom stereocenters. The van der Waals surface area contributed by atoms with Crippen LogP contribution in [0.25, 0.3) is 0 Å². The maximum absolute atomic E-state index is 13.4. The predicted molar refractivity (Wildman–Crippen MR) is 129 cm³/mol. The second kappa shape index (κ2) is 8.27. The van der Waals surface area contributed by atoms with Crippen LogP contribution in [-0.4, -0.2) is 63.9 Å². The SMILES string of the molecule is COc1cc([C@@H]2c3sc(=O)[nH]c3S[C@@H]3[C@H]4C[C@@H]([C@@H]5C(=O)N(CCC(=O)O)C(=O)[C@@H]45)[C@@H]23)cc(OC)c1O. The fraction of sp³-hybridized carbons (Fsp3) is 0.500. The molecule has 1 aromatic heterocycles. The van der Waals surface area contributed by atoms with Gasteiger partial charge in [-0.05, 0) is 41.9 Å². The van der Waals surface area contributed by atoms with E-state index in [1.807, 2.05) is 0 Å². The first-order valence-corrected chi connectivity index (χ1v) is 13.4. The minimum absolute atomic E-state index is 0.000895. The smallest absolute Gasteiger partial charge is 0.305 e. The van der Waals surface area contributed by atoms with Crippen molar-refractivity contribution in [2.45, 2.75) is 29.0 Å². The van der Waals surface area contributed by atoms with Crippen LogP contribution in [0.2, 0.25) is 0 Å². The summed E-state index contributed by atoms with van der Waals surface area (Å²) < 4.78 is 10.8. The minimum Gasteiger partial charge on any atom is -0.502 e. The number of fused-ring (bicyclic) bond motifs is 9. The number of hydrogen-bond acceptors (Lipinski definition) is 9. The van der Waals surface area contributed by atoms with E-state index in [1.54, 1.807) is 23.9 Å². The first kappa shape index (κ1) is 23.4. The van der Waals surface area contributed by atoms with Gasteiger partial charge in [0.05, 0.1) is 37.5 Å². The number of phenolic OH excluding ortho intramolecular Hbond substituents is 1. The highest BCUT2D eigenvalue weighted by atomic mass is 32.2. The van der Waals surface area contributed by atoms with Crippen LogP contribution >= 0.6 is 23.1 Å². The minimum atomic E-state index is -1.05. The number of carboxylic acids is 1. The average Bonchev–Trinajstić information content (AvgIpc) is 3.57. The van der Waals surface area contributed by atoms with Crippen molar-refractivity contribution >= 4 is 40.9 Å². The number of aliphatic carboxylic acids is 1. The molecule has 6 rings (SSSR count). The standard InChI is InChI=1S/C24H24N2O8S2/c1-33-11-5-8(6-12(34-2)18(11)29)14-15-9-7-10(19(15)35-21-20(14)36-24(32)25-21)17-16(9)22(30)26(23(17)31)4-3-13(27)28/h5-6,9-10,14-17,19,29H,3-4,7H2,1-2H3,(H,25,32)(H,27,28)/t9-,10+,14+,15+,16+,17+,19-/m1/s1. The molecule has 36 heavy (non-hydrogen) atoms. The van der Waals surface area contributed by atoms with Crippen molar-refractivity contribution in [3.63, 3.8) is 0 Å². The van der Waals surface area contributed by atoms with Crippen LogP contribution in [0.1, 0.15) is 29.2 Å². The number of thiazole rings is 1. The van der Waals surface area contributed by atoms with Gasteiger partial charge >= 0.3 is 10.8 Å². The Morgan fingerprint density at radius 3 is 2.36 bits per heavy atom.